The van der Waals surface area contributed by atoms with E-state index in [9.17, 15) is 13.6 Å². The van der Waals surface area contributed by atoms with E-state index in [0.717, 1.165) is 24.5 Å². The van der Waals surface area contributed by atoms with Crippen molar-refractivity contribution in [2.45, 2.75) is 26.2 Å². The SMILES string of the molecule is CCCCc1cc(Cl)ccc1C(=O)Nc1ccc(F)[c]([Ti])c1F. The molecule has 0 atom stereocenters. The predicted octanol–water partition coefficient (Wildman–Crippen LogP) is 4.39. The monoisotopic (exact) mass is 370 g/mol. The molecule has 0 aromatic heterocycles. The quantitative estimate of drug-likeness (QED) is 0.777. The molecule has 0 unspecified atom stereocenters. The summed E-state index contributed by atoms with van der Waals surface area (Å²) in [6.45, 7) is 2.06. The number of aryl methyl sites for hydroxylation is 1. The van der Waals surface area contributed by atoms with Crippen molar-refractivity contribution < 1.29 is 34.0 Å². The second-order valence-corrected chi connectivity index (χ2v) is 6.36. The molecule has 0 saturated heterocycles. The van der Waals surface area contributed by atoms with Crippen molar-refractivity contribution in [1.29, 1.82) is 0 Å². The van der Waals surface area contributed by atoms with Crippen LogP contribution in [0.2, 0.25) is 5.02 Å². The number of carbonyl (C=O) groups is 1. The van der Waals surface area contributed by atoms with Crippen molar-refractivity contribution in [2.75, 3.05) is 5.32 Å². The van der Waals surface area contributed by atoms with Crippen LogP contribution in [0.5, 0.6) is 0 Å². The second kappa shape index (κ2) is 8.05. The number of hydrogen-bond acceptors (Lipinski definition) is 1. The molecule has 0 aliphatic rings. The summed E-state index contributed by atoms with van der Waals surface area (Å²) in [5.74, 6) is -1.84. The third kappa shape index (κ3) is 4.40. The van der Waals surface area contributed by atoms with Gasteiger partial charge in [0, 0.05) is 0 Å². The topological polar surface area (TPSA) is 29.1 Å². The van der Waals surface area contributed by atoms with Crippen LogP contribution < -0.4 is 9.18 Å². The Kier molecular flexibility index (Phi) is 6.34. The molecule has 0 saturated carbocycles. The Balaban J connectivity index is 2.29. The molecule has 2 rings (SSSR count). The van der Waals surface area contributed by atoms with Crippen LogP contribution >= 0.6 is 11.6 Å². The number of hydrogen-bond donors (Lipinski definition) is 1. The first-order valence-corrected chi connectivity index (χ1v) is 8.39. The minimum atomic E-state index is -0.762. The van der Waals surface area contributed by atoms with E-state index in [1.165, 1.54) is 26.5 Å². The van der Waals surface area contributed by atoms with Crippen LogP contribution in [0.3, 0.4) is 0 Å². The standard InChI is InChI=1S/C17H15ClF2NO.Ti/c1-2-3-4-11-9-12(18)5-7-14(11)17(22)21-16-8-6-13(19)10-15(16)20;/h5-9H,2-4H2,1H3,(H,21,22);. The van der Waals surface area contributed by atoms with Gasteiger partial charge >= 0.3 is 151 Å². The normalized spacial score (nSPS) is 10.6. The molecule has 2 aromatic carbocycles. The van der Waals surface area contributed by atoms with Gasteiger partial charge in [-0.15, -0.1) is 0 Å². The Morgan fingerprint density at radius 3 is 2.70 bits per heavy atom. The van der Waals surface area contributed by atoms with Crippen molar-refractivity contribution in [3.05, 3.63) is 58.1 Å². The molecular weight excluding hydrogens is 356 g/mol. The molecule has 0 aliphatic heterocycles. The number of amides is 1. The van der Waals surface area contributed by atoms with Gasteiger partial charge in [0.15, 0.2) is 0 Å². The Morgan fingerprint density at radius 1 is 1.26 bits per heavy atom. The van der Waals surface area contributed by atoms with Crippen LogP contribution in [0.4, 0.5) is 14.5 Å². The Labute approximate surface area is 150 Å². The van der Waals surface area contributed by atoms with Crippen LogP contribution in [0, 0.1) is 11.6 Å². The average molecular weight is 371 g/mol. The minimum absolute atomic E-state index is 0.0368. The molecule has 2 nitrogen and oxygen atoms in total. The maximum atomic E-state index is 14.0. The van der Waals surface area contributed by atoms with Crippen molar-refractivity contribution in [3.63, 3.8) is 0 Å². The first kappa shape index (κ1) is 18.1. The van der Waals surface area contributed by atoms with E-state index >= 15 is 0 Å². The summed E-state index contributed by atoms with van der Waals surface area (Å²) < 4.78 is 27.2. The van der Waals surface area contributed by atoms with Crippen LogP contribution in [-0.4, -0.2) is 5.91 Å². The number of carbonyl (C=O) groups excluding carboxylic acids is 1. The maximum absolute atomic E-state index is 14.0. The molecule has 0 radical (unpaired) electrons. The third-order valence-electron chi connectivity index (χ3n) is 3.45. The van der Waals surface area contributed by atoms with Crippen molar-refractivity contribution in [1.82, 2.24) is 0 Å². The number of nitrogens with one attached hydrogen (secondary N) is 1. The van der Waals surface area contributed by atoms with Crippen LogP contribution in [-0.2, 0) is 26.9 Å². The fraction of sp³-hybridized carbons (Fsp3) is 0.235. The second-order valence-electron chi connectivity index (χ2n) is 5.14. The molecule has 6 heteroatoms. The first-order valence-electron chi connectivity index (χ1n) is 7.23. The summed E-state index contributed by atoms with van der Waals surface area (Å²) >= 11 is 7.32. The summed E-state index contributed by atoms with van der Waals surface area (Å²) in [5.41, 5.74) is 1.23. The van der Waals surface area contributed by atoms with Crippen molar-refractivity contribution in [3.8, 4) is 0 Å². The molecule has 1 N–H and O–H groups in total. The molecule has 0 fully saturated rings. The first-order chi connectivity index (χ1) is 10.9. The number of rotatable bonds is 5. The van der Waals surface area contributed by atoms with Gasteiger partial charge in [-0.2, -0.15) is 0 Å². The Morgan fingerprint density at radius 2 is 2.00 bits per heavy atom. The van der Waals surface area contributed by atoms with Gasteiger partial charge in [-0.25, -0.2) is 0 Å². The number of halogens is 3. The van der Waals surface area contributed by atoms with Gasteiger partial charge in [0.25, 0.3) is 0 Å². The molecule has 0 spiro atoms. The van der Waals surface area contributed by atoms with E-state index in [1.807, 2.05) is 0 Å². The van der Waals surface area contributed by atoms with E-state index in [2.05, 4.69) is 12.2 Å². The molecule has 2 aromatic rings. The van der Waals surface area contributed by atoms with Crippen LogP contribution in [0.25, 0.3) is 0 Å². The molecule has 0 heterocycles. The molecule has 0 aliphatic carbocycles. The summed E-state index contributed by atoms with van der Waals surface area (Å²) in [6, 6.07) is 7.35. The van der Waals surface area contributed by atoms with Gasteiger partial charge < -0.3 is 0 Å². The summed E-state index contributed by atoms with van der Waals surface area (Å²) in [4.78, 5) is 12.4. The Bertz CT molecular complexity index is 737. The molecule has 1 amide bonds. The average Bonchev–Trinajstić information content (AvgIpc) is 2.53. The zero-order valence-electron chi connectivity index (χ0n) is 12.6. The van der Waals surface area contributed by atoms with Gasteiger partial charge in [-0.05, 0) is 0 Å². The summed E-state index contributed by atoms with van der Waals surface area (Å²) in [5, 5.41) is 3.06. The van der Waals surface area contributed by atoms with Gasteiger partial charge in [-0.1, -0.05) is 0 Å². The third-order valence-corrected chi connectivity index (χ3v) is 4.40. The van der Waals surface area contributed by atoms with E-state index in [1.54, 1.807) is 18.2 Å². The van der Waals surface area contributed by atoms with Crippen LogP contribution in [0.1, 0.15) is 35.7 Å². The van der Waals surface area contributed by atoms with Gasteiger partial charge in [0.05, 0.1) is 0 Å². The molecule has 0 bridgehead atoms. The summed E-state index contributed by atoms with van der Waals surface area (Å²) in [7, 11) is 0. The summed E-state index contributed by atoms with van der Waals surface area (Å²) in [6.07, 6.45) is 2.62. The van der Waals surface area contributed by atoms with E-state index in [4.69, 9.17) is 11.6 Å². The van der Waals surface area contributed by atoms with E-state index in [-0.39, 0.29) is 9.56 Å². The van der Waals surface area contributed by atoms with E-state index < -0.39 is 17.5 Å². The number of unbranched alkanes of at least 4 members (excludes halogenated alkanes) is 1. The van der Waals surface area contributed by atoms with Crippen LogP contribution in [0.15, 0.2) is 30.3 Å². The zero-order valence-corrected chi connectivity index (χ0v) is 14.9. The van der Waals surface area contributed by atoms with Crippen molar-refractivity contribution >= 4 is 27.1 Å². The van der Waals surface area contributed by atoms with Gasteiger partial charge in [0.2, 0.25) is 0 Å². The number of anilines is 1. The Hall–Kier alpha value is -1.23. The molecule has 119 valence electrons. The zero-order chi connectivity index (χ0) is 17.0. The van der Waals surface area contributed by atoms with Gasteiger partial charge in [0.1, 0.15) is 0 Å². The fourth-order valence-corrected chi connectivity index (χ4v) is 2.73. The number of benzene rings is 2. The van der Waals surface area contributed by atoms with E-state index in [0.29, 0.717) is 17.0 Å². The molecular formula is C17H15ClF2NOTi. The van der Waals surface area contributed by atoms with Gasteiger partial charge in [-0.3, -0.25) is 0 Å². The predicted molar refractivity (Wildman–Crippen MR) is 84.0 cm³/mol. The molecule has 23 heavy (non-hydrogen) atoms. The fourth-order valence-electron chi connectivity index (χ4n) is 2.20. The van der Waals surface area contributed by atoms with Crippen molar-refractivity contribution in [2.24, 2.45) is 0 Å².